The molecular formula is C20H12Cl4N2O3. The van der Waals surface area contributed by atoms with Gasteiger partial charge in [-0.3, -0.25) is 9.59 Å². The largest absolute Gasteiger partial charge is 0.507 e. The van der Waals surface area contributed by atoms with Gasteiger partial charge in [-0.1, -0.05) is 58.5 Å². The highest BCUT2D eigenvalue weighted by Crippen LogP contribution is 2.32. The normalized spacial score (nSPS) is 10.5. The average molecular weight is 470 g/mol. The molecule has 0 heterocycles. The Labute approximate surface area is 186 Å². The molecule has 0 bridgehead atoms. The van der Waals surface area contributed by atoms with Crippen LogP contribution in [-0.2, 0) is 0 Å². The van der Waals surface area contributed by atoms with Gasteiger partial charge in [0.15, 0.2) is 0 Å². The van der Waals surface area contributed by atoms with Crippen molar-refractivity contribution in [2.45, 2.75) is 0 Å². The smallest absolute Gasteiger partial charge is 0.259 e. The molecular weight excluding hydrogens is 458 g/mol. The molecule has 0 unspecified atom stereocenters. The molecule has 3 rings (SSSR count). The first-order valence-electron chi connectivity index (χ1n) is 8.11. The molecule has 3 N–H and O–H groups in total. The Balaban J connectivity index is 1.85. The summed E-state index contributed by atoms with van der Waals surface area (Å²) in [5, 5.41) is 16.1. The molecule has 0 aromatic heterocycles. The highest BCUT2D eigenvalue weighted by molar-refractivity contribution is 6.44. The maximum absolute atomic E-state index is 12.6. The summed E-state index contributed by atoms with van der Waals surface area (Å²) in [6.45, 7) is 0. The van der Waals surface area contributed by atoms with E-state index in [0.29, 0.717) is 5.69 Å². The molecule has 9 heteroatoms. The summed E-state index contributed by atoms with van der Waals surface area (Å²) in [5.41, 5.74) is 0.588. The van der Waals surface area contributed by atoms with E-state index in [9.17, 15) is 14.7 Å². The van der Waals surface area contributed by atoms with Crippen molar-refractivity contribution in [1.29, 1.82) is 0 Å². The Morgan fingerprint density at radius 3 is 1.79 bits per heavy atom. The summed E-state index contributed by atoms with van der Waals surface area (Å²) in [4.78, 5) is 25.1. The molecule has 3 aromatic carbocycles. The van der Waals surface area contributed by atoms with Gasteiger partial charge in [0.25, 0.3) is 11.8 Å². The molecule has 2 amide bonds. The predicted octanol–water partition coefficient (Wildman–Crippen LogP) is 6.51. The molecule has 0 atom stereocenters. The number of hydrogen-bond acceptors (Lipinski definition) is 3. The van der Waals surface area contributed by atoms with E-state index in [1.165, 1.54) is 18.2 Å². The van der Waals surface area contributed by atoms with Crippen LogP contribution in [0.1, 0.15) is 20.7 Å². The second-order valence-electron chi connectivity index (χ2n) is 5.84. The molecule has 29 heavy (non-hydrogen) atoms. The van der Waals surface area contributed by atoms with Crippen LogP contribution in [0.3, 0.4) is 0 Å². The maximum Gasteiger partial charge on any atom is 0.259 e. The highest BCUT2D eigenvalue weighted by atomic mass is 35.5. The zero-order chi connectivity index (χ0) is 21.1. The maximum atomic E-state index is 12.6. The minimum atomic E-state index is -0.665. The fourth-order valence-corrected chi connectivity index (χ4v) is 3.14. The van der Waals surface area contributed by atoms with E-state index in [0.717, 1.165) is 0 Å². The summed E-state index contributed by atoms with van der Waals surface area (Å²) in [5.74, 6) is -1.51. The Bertz CT molecular complexity index is 1120. The van der Waals surface area contributed by atoms with Crippen LogP contribution in [0.4, 0.5) is 11.4 Å². The Morgan fingerprint density at radius 2 is 1.24 bits per heavy atom. The monoisotopic (exact) mass is 468 g/mol. The molecule has 5 nitrogen and oxygen atoms in total. The number of rotatable bonds is 4. The topological polar surface area (TPSA) is 78.4 Å². The molecule has 0 saturated carbocycles. The fourth-order valence-electron chi connectivity index (χ4n) is 2.44. The quantitative estimate of drug-likeness (QED) is 0.407. The van der Waals surface area contributed by atoms with Crippen molar-refractivity contribution in [1.82, 2.24) is 0 Å². The third-order valence-electron chi connectivity index (χ3n) is 3.90. The minimum Gasteiger partial charge on any atom is -0.507 e. The number of hydrogen-bond donors (Lipinski definition) is 3. The minimum absolute atomic E-state index is 0.120. The number of aromatic hydroxyl groups is 1. The van der Waals surface area contributed by atoms with Gasteiger partial charge in [-0.15, -0.1) is 0 Å². The first-order valence-corrected chi connectivity index (χ1v) is 9.63. The van der Waals surface area contributed by atoms with Crippen LogP contribution < -0.4 is 10.6 Å². The van der Waals surface area contributed by atoms with Crippen molar-refractivity contribution in [3.8, 4) is 5.75 Å². The molecule has 0 aliphatic heterocycles. The lowest BCUT2D eigenvalue weighted by Crippen LogP contribution is -2.16. The number of carbonyl (C=O) groups excluding carboxylic acids is 2. The highest BCUT2D eigenvalue weighted by Gasteiger charge is 2.18. The molecule has 0 spiro atoms. The lowest BCUT2D eigenvalue weighted by atomic mass is 10.1. The van der Waals surface area contributed by atoms with E-state index in [1.807, 2.05) is 0 Å². The SMILES string of the molecule is O=C(Nc1cccc(Cl)c1Cl)c1ccc(O)c(C(=O)Nc2cccc(Cl)c2Cl)c1. The molecule has 148 valence electrons. The van der Waals surface area contributed by atoms with Gasteiger partial charge >= 0.3 is 0 Å². The van der Waals surface area contributed by atoms with E-state index < -0.39 is 11.8 Å². The lowest BCUT2D eigenvalue weighted by Gasteiger charge is -2.11. The predicted molar refractivity (Wildman–Crippen MR) is 117 cm³/mol. The zero-order valence-electron chi connectivity index (χ0n) is 14.5. The van der Waals surface area contributed by atoms with Gasteiger partial charge < -0.3 is 15.7 Å². The third kappa shape index (κ3) is 4.77. The second-order valence-corrected chi connectivity index (χ2v) is 7.41. The second kappa shape index (κ2) is 8.93. The summed E-state index contributed by atoms with van der Waals surface area (Å²) < 4.78 is 0. The summed E-state index contributed by atoms with van der Waals surface area (Å²) >= 11 is 24.0. The summed E-state index contributed by atoms with van der Waals surface area (Å²) in [7, 11) is 0. The molecule has 0 aliphatic carbocycles. The molecule has 0 aliphatic rings. The van der Waals surface area contributed by atoms with E-state index in [-0.39, 0.29) is 42.7 Å². The number of phenols is 1. The number of carbonyl (C=O) groups is 2. The number of anilines is 2. The first-order chi connectivity index (χ1) is 13.8. The van der Waals surface area contributed by atoms with Crippen LogP contribution >= 0.6 is 46.4 Å². The summed E-state index contributed by atoms with van der Waals surface area (Å²) in [6, 6.07) is 13.4. The lowest BCUT2D eigenvalue weighted by molar-refractivity contribution is 0.102. The van der Waals surface area contributed by atoms with Crippen molar-refractivity contribution >= 4 is 69.6 Å². The van der Waals surface area contributed by atoms with Crippen LogP contribution in [0.2, 0.25) is 20.1 Å². The number of benzene rings is 3. The van der Waals surface area contributed by atoms with Crippen LogP contribution in [-0.4, -0.2) is 16.9 Å². The van der Waals surface area contributed by atoms with E-state index in [2.05, 4.69) is 10.6 Å². The van der Waals surface area contributed by atoms with Gasteiger partial charge in [0.2, 0.25) is 0 Å². The van der Waals surface area contributed by atoms with Crippen molar-refractivity contribution in [2.75, 3.05) is 10.6 Å². The van der Waals surface area contributed by atoms with Crippen molar-refractivity contribution in [3.63, 3.8) is 0 Å². The van der Waals surface area contributed by atoms with Crippen molar-refractivity contribution in [2.24, 2.45) is 0 Å². The standard InChI is InChI=1S/C20H12Cl4N2O3/c21-12-3-1-5-14(17(12)23)25-19(28)10-7-8-16(27)11(9-10)20(29)26-15-6-2-4-13(22)18(15)24/h1-9,27H,(H,25,28)(H,26,29). The zero-order valence-corrected chi connectivity index (χ0v) is 17.5. The van der Waals surface area contributed by atoms with E-state index >= 15 is 0 Å². The van der Waals surface area contributed by atoms with E-state index in [1.54, 1.807) is 36.4 Å². The third-order valence-corrected chi connectivity index (χ3v) is 5.54. The van der Waals surface area contributed by atoms with Crippen molar-refractivity contribution < 1.29 is 14.7 Å². The number of nitrogens with one attached hydrogen (secondary N) is 2. The number of halogens is 4. The van der Waals surface area contributed by atoms with Gasteiger partial charge in [0, 0.05) is 5.56 Å². The molecule has 0 saturated heterocycles. The molecule has 0 fully saturated rings. The Morgan fingerprint density at radius 1 is 0.724 bits per heavy atom. The van der Waals surface area contributed by atoms with Crippen molar-refractivity contribution in [3.05, 3.63) is 85.8 Å². The molecule has 0 radical (unpaired) electrons. The number of phenolic OH excluding ortho intramolecular Hbond substituents is 1. The van der Waals surface area contributed by atoms with Gasteiger partial charge in [0.05, 0.1) is 37.0 Å². The molecule has 3 aromatic rings. The summed E-state index contributed by atoms with van der Waals surface area (Å²) in [6.07, 6.45) is 0. The number of amides is 2. The van der Waals surface area contributed by atoms with Crippen LogP contribution in [0.25, 0.3) is 0 Å². The van der Waals surface area contributed by atoms with Gasteiger partial charge in [-0.25, -0.2) is 0 Å². The fraction of sp³-hybridized carbons (Fsp3) is 0. The van der Waals surface area contributed by atoms with Crippen LogP contribution in [0, 0.1) is 0 Å². The average Bonchev–Trinajstić information content (AvgIpc) is 2.69. The van der Waals surface area contributed by atoms with Gasteiger partial charge in [-0.2, -0.15) is 0 Å². The van der Waals surface area contributed by atoms with Crippen LogP contribution in [0.5, 0.6) is 5.75 Å². The van der Waals surface area contributed by atoms with E-state index in [4.69, 9.17) is 46.4 Å². The Kier molecular flexibility index (Phi) is 6.55. The van der Waals surface area contributed by atoms with Gasteiger partial charge in [-0.05, 0) is 42.5 Å². The first kappa shape index (κ1) is 21.3. The van der Waals surface area contributed by atoms with Crippen LogP contribution in [0.15, 0.2) is 54.6 Å². The van der Waals surface area contributed by atoms with Gasteiger partial charge in [0.1, 0.15) is 5.75 Å². The Hall–Kier alpha value is -2.44.